The standard InChI is InChI=1S/C27H28N4O3/c1-20-8-13-26(34-20)24-18-25(31(28-24)22-9-11-23(33-2)12-10-22)27(32)30-16-14-29(15-17-30)19-21-6-4-3-5-7-21/h3-13,18H,14-17,19H2,1-2H3. The van der Waals surface area contributed by atoms with Crippen molar-refractivity contribution in [1.29, 1.82) is 0 Å². The van der Waals surface area contributed by atoms with Crippen LogP contribution in [-0.4, -0.2) is 58.8 Å². The molecule has 1 amide bonds. The molecule has 0 N–H and O–H groups in total. The van der Waals surface area contributed by atoms with Gasteiger partial charge in [-0.05, 0) is 48.9 Å². The maximum absolute atomic E-state index is 13.6. The fourth-order valence-corrected chi connectivity index (χ4v) is 4.26. The topological polar surface area (TPSA) is 63.7 Å². The smallest absolute Gasteiger partial charge is 0.272 e. The maximum atomic E-state index is 13.6. The van der Waals surface area contributed by atoms with Crippen molar-refractivity contribution in [2.75, 3.05) is 33.3 Å². The molecule has 1 aliphatic heterocycles. The number of furan rings is 1. The van der Waals surface area contributed by atoms with E-state index in [4.69, 9.17) is 14.3 Å². The molecule has 4 aromatic rings. The number of ether oxygens (including phenoxy) is 1. The van der Waals surface area contributed by atoms with Crippen LogP contribution in [0.15, 0.2) is 77.2 Å². The minimum absolute atomic E-state index is 0.0304. The van der Waals surface area contributed by atoms with Crippen molar-refractivity contribution in [2.24, 2.45) is 0 Å². The van der Waals surface area contributed by atoms with Crippen LogP contribution in [0.1, 0.15) is 21.8 Å². The lowest BCUT2D eigenvalue weighted by atomic mass is 10.2. The van der Waals surface area contributed by atoms with E-state index in [2.05, 4.69) is 29.2 Å². The molecule has 7 heteroatoms. The molecule has 2 aromatic heterocycles. The number of carbonyl (C=O) groups excluding carboxylic acids is 1. The van der Waals surface area contributed by atoms with Crippen LogP contribution in [0.5, 0.6) is 5.75 Å². The number of aryl methyl sites for hydroxylation is 1. The number of rotatable bonds is 6. The lowest BCUT2D eigenvalue weighted by Crippen LogP contribution is -2.48. The van der Waals surface area contributed by atoms with Gasteiger partial charge in [-0.3, -0.25) is 9.69 Å². The Morgan fingerprint density at radius 2 is 1.71 bits per heavy atom. The average molecular weight is 457 g/mol. The first kappa shape index (κ1) is 22.0. The highest BCUT2D eigenvalue weighted by Gasteiger charge is 2.27. The van der Waals surface area contributed by atoms with E-state index in [-0.39, 0.29) is 5.91 Å². The zero-order valence-electron chi connectivity index (χ0n) is 19.5. The highest BCUT2D eigenvalue weighted by molar-refractivity contribution is 5.94. The van der Waals surface area contributed by atoms with Gasteiger partial charge in [-0.15, -0.1) is 0 Å². The molecule has 0 unspecified atom stereocenters. The van der Waals surface area contributed by atoms with Crippen LogP contribution in [0.2, 0.25) is 0 Å². The van der Waals surface area contributed by atoms with E-state index in [1.165, 1.54) is 5.56 Å². The van der Waals surface area contributed by atoms with Crippen molar-refractivity contribution >= 4 is 5.91 Å². The Hall–Kier alpha value is -3.84. The van der Waals surface area contributed by atoms with Gasteiger partial charge in [0.1, 0.15) is 22.9 Å². The number of hydrogen-bond donors (Lipinski definition) is 0. The van der Waals surface area contributed by atoms with Crippen LogP contribution in [-0.2, 0) is 6.54 Å². The predicted molar refractivity (Wildman–Crippen MR) is 130 cm³/mol. The summed E-state index contributed by atoms with van der Waals surface area (Å²) in [5, 5.41) is 4.73. The summed E-state index contributed by atoms with van der Waals surface area (Å²) in [6, 6.07) is 23.6. The Bertz CT molecular complexity index is 1250. The molecule has 5 rings (SSSR count). The molecule has 0 aliphatic carbocycles. The van der Waals surface area contributed by atoms with Crippen molar-refractivity contribution < 1.29 is 13.9 Å². The second kappa shape index (κ2) is 9.57. The lowest BCUT2D eigenvalue weighted by molar-refractivity contribution is 0.0619. The summed E-state index contributed by atoms with van der Waals surface area (Å²) in [7, 11) is 1.63. The Balaban J connectivity index is 1.38. The molecular formula is C27H28N4O3. The second-order valence-corrected chi connectivity index (χ2v) is 8.49. The summed E-state index contributed by atoms with van der Waals surface area (Å²) in [6.45, 7) is 5.81. The number of methoxy groups -OCH3 is 1. The lowest BCUT2D eigenvalue weighted by Gasteiger charge is -2.34. The molecule has 34 heavy (non-hydrogen) atoms. The fourth-order valence-electron chi connectivity index (χ4n) is 4.26. The van der Waals surface area contributed by atoms with Crippen molar-refractivity contribution in [2.45, 2.75) is 13.5 Å². The molecule has 2 aromatic carbocycles. The summed E-state index contributed by atoms with van der Waals surface area (Å²) in [4.78, 5) is 17.9. The zero-order chi connectivity index (χ0) is 23.5. The fraction of sp³-hybridized carbons (Fsp3) is 0.259. The van der Waals surface area contributed by atoms with Crippen molar-refractivity contribution in [3.8, 4) is 22.9 Å². The van der Waals surface area contributed by atoms with Crippen LogP contribution >= 0.6 is 0 Å². The number of nitrogens with zero attached hydrogens (tertiary/aromatic N) is 4. The summed E-state index contributed by atoms with van der Waals surface area (Å²) in [5.41, 5.74) is 3.24. The molecular weight excluding hydrogens is 428 g/mol. The van der Waals surface area contributed by atoms with E-state index in [1.807, 2.05) is 60.4 Å². The average Bonchev–Trinajstić information content (AvgIpc) is 3.51. The molecule has 0 bridgehead atoms. The molecule has 1 saturated heterocycles. The number of aromatic nitrogens is 2. The first-order chi connectivity index (χ1) is 16.6. The van der Waals surface area contributed by atoms with Gasteiger partial charge in [0, 0.05) is 38.8 Å². The number of amides is 1. The quantitative estimate of drug-likeness (QED) is 0.430. The number of hydrogen-bond acceptors (Lipinski definition) is 5. The molecule has 0 atom stereocenters. The number of piperazine rings is 1. The van der Waals surface area contributed by atoms with Crippen LogP contribution in [0.3, 0.4) is 0 Å². The van der Waals surface area contributed by atoms with Gasteiger partial charge >= 0.3 is 0 Å². The molecule has 1 aliphatic rings. The van der Waals surface area contributed by atoms with Crippen molar-refractivity contribution in [3.05, 3.63) is 89.8 Å². The van der Waals surface area contributed by atoms with Gasteiger partial charge in [0.25, 0.3) is 5.91 Å². The van der Waals surface area contributed by atoms with Gasteiger partial charge in [0.05, 0.1) is 12.8 Å². The minimum Gasteiger partial charge on any atom is -0.497 e. The maximum Gasteiger partial charge on any atom is 0.272 e. The van der Waals surface area contributed by atoms with E-state index in [0.717, 1.165) is 36.8 Å². The third-order valence-electron chi connectivity index (χ3n) is 6.15. The van der Waals surface area contributed by atoms with Gasteiger partial charge in [-0.25, -0.2) is 4.68 Å². The van der Waals surface area contributed by atoms with Crippen LogP contribution < -0.4 is 4.74 Å². The van der Waals surface area contributed by atoms with E-state index < -0.39 is 0 Å². The zero-order valence-corrected chi connectivity index (χ0v) is 19.5. The largest absolute Gasteiger partial charge is 0.497 e. The summed E-state index contributed by atoms with van der Waals surface area (Å²) in [6.07, 6.45) is 0. The van der Waals surface area contributed by atoms with Crippen LogP contribution in [0.4, 0.5) is 0 Å². The number of carbonyl (C=O) groups is 1. The van der Waals surface area contributed by atoms with Gasteiger partial charge in [-0.2, -0.15) is 5.10 Å². The number of benzene rings is 2. The SMILES string of the molecule is COc1ccc(-n2nc(-c3ccc(C)o3)cc2C(=O)N2CCN(Cc3ccccc3)CC2)cc1. The Labute approximate surface area is 199 Å². The first-order valence-corrected chi connectivity index (χ1v) is 11.5. The van der Waals surface area contributed by atoms with Gasteiger partial charge < -0.3 is 14.1 Å². The van der Waals surface area contributed by atoms with Gasteiger partial charge in [0.2, 0.25) is 0 Å². The first-order valence-electron chi connectivity index (χ1n) is 11.5. The molecule has 7 nitrogen and oxygen atoms in total. The minimum atomic E-state index is -0.0304. The Morgan fingerprint density at radius 3 is 2.35 bits per heavy atom. The third kappa shape index (κ3) is 4.61. The molecule has 0 spiro atoms. The van der Waals surface area contributed by atoms with Gasteiger partial charge in [0.15, 0.2) is 5.76 Å². The normalized spacial score (nSPS) is 14.4. The molecule has 0 radical (unpaired) electrons. The van der Waals surface area contributed by atoms with Crippen molar-refractivity contribution in [3.63, 3.8) is 0 Å². The third-order valence-corrected chi connectivity index (χ3v) is 6.15. The highest BCUT2D eigenvalue weighted by Crippen LogP contribution is 2.26. The van der Waals surface area contributed by atoms with Crippen LogP contribution in [0.25, 0.3) is 17.1 Å². The highest BCUT2D eigenvalue weighted by atomic mass is 16.5. The summed E-state index contributed by atoms with van der Waals surface area (Å²) in [5.74, 6) is 2.17. The van der Waals surface area contributed by atoms with Crippen LogP contribution in [0, 0.1) is 6.92 Å². The van der Waals surface area contributed by atoms with Crippen molar-refractivity contribution in [1.82, 2.24) is 19.6 Å². The Morgan fingerprint density at radius 1 is 0.971 bits per heavy atom. The molecule has 3 heterocycles. The predicted octanol–water partition coefficient (Wildman–Crippen LogP) is 4.41. The van der Waals surface area contributed by atoms with E-state index in [1.54, 1.807) is 11.8 Å². The van der Waals surface area contributed by atoms with Gasteiger partial charge in [-0.1, -0.05) is 30.3 Å². The Kier molecular flexibility index (Phi) is 6.18. The summed E-state index contributed by atoms with van der Waals surface area (Å²) >= 11 is 0. The van der Waals surface area contributed by atoms with E-state index >= 15 is 0 Å². The summed E-state index contributed by atoms with van der Waals surface area (Å²) < 4.78 is 12.8. The molecule has 0 saturated carbocycles. The second-order valence-electron chi connectivity index (χ2n) is 8.49. The monoisotopic (exact) mass is 456 g/mol. The van der Waals surface area contributed by atoms with E-state index in [9.17, 15) is 4.79 Å². The molecule has 1 fully saturated rings. The molecule has 174 valence electrons. The van der Waals surface area contributed by atoms with E-state index in [0.29, 0.717) is 30.2 Å².